The first-order valence-electron chi connectivity index (χ1n) is 18.1. The first-order valence-corrected chi connectivity index (χ1v) is 20.5. The molecule has 1 saturated heterocycles. The normalized spacial score (nSPS) is 16.1. The molecular weight excluding hydrogens is 635 g/mol. The van der Waals surface area contributed by atoms with Crippen molar-refractivity contribution in [3.8, 4) is 0 Å². The Morgan fingerprint density at radius 3 is 2.00 bits per heavy atom. The zero-order chi connectivity index (χ0) is 34.0. The minimum Gasteiger partial charge on any atom is -0.744 e. The molecule has 1 aliphatic heterocycles. The number of rotatable bonds is 25. The lowest BCUT2D eigenvalue weighted by Crippen LogP contribution is -2.29. The molecule has 1 aliphatic rings. The summed E-state index contributed by atoms with van der Waals surface area (Å²) in [5.41, 5.74) is 3.04. The molecule has 2 heterocycles. The average Bonchev–Trinajstić information content (AvgIpc) is 3.74. The summed E-state index contributed by atoms with van der Waals surface area (Å²) in [6, 6.07) is 5.78. The fraction of sp³-hybridized carbons (Fsp3) is 0.730. The molecule has 0 N–H and O–H groups in total. The largest absolute Gasteiger partial charge is 0.744 e. The summed E-state index contributed by atoms with van der Waals surface area (Å²) < 4.78 is 50.4. The first-order chi connectivity index (χ1) is 22.8. The van der Waals surface area contributed by atoms with E-state index in [1.807, 2.05) is 6.92 Å². The maximum atomic E-state index is 12.0. The lowest BCUT2D eigenvalue weighted by molar-refractivity contribution is -0.692. The van der Waals surface area contributed by atoms with Crippen LogP contribution in [0.15, 0.2) is 46.2 Å². The van der Waals surface area contributed by atoms with E-state index in [0.717, 1.165) is 44.2 Å². The predicted octanol–water partition coefficient (Wildman–Crippen LogP) is 9.04. The number of ether oxygens (including phenoxy) is 3. The van der Waals surface area contributed by atoms with Gasteiger partial charge in [-0.05, 0) is 44.7 Å². The molecular formula is C37H61NO7S2. The molecule has 1 aromatic carbocycles. The molecule has 1 fully saturated rings. The van der Waals surface area contributed by atoms with Crippen LogP contribution in [0.3, 0.4) is 0 Å². The van der Waals surface area contributed by atoms with E-state index >= 15 is 0 Å². The third kappa shape index (κ3) is 21.7. The van der Waals surface area contributed by atoms with Crippen LogP contribution in [0.1, 0.15) is 141 Å². The van der Waals surface area contributed by atoms with Gasteiger partial charge < -0.3 is 18.8 Å². The number of carbonyl (C=O) groups is 1. The Balaban J connectivity index is 0.000000587. The molecule has 2 unspecified atom stereocenters. The minimum absolute atomic E-state index is 0.106. The van der Waals surface area contributed by atoms with Crippen molar-refractivity contribution >= 4 is 27.4 Å². The van der Waals surface area contributed by atoms with Crippen LogP contribution >= 0.6 is 11.3 Å². The molecule has 1 aromatic heterocycles. The highest BCUT2D eigenvalue weighted by Gasteiger charge is 2.26. The van der Waals surface area contributed by atoms with Gasteiger partial charge in [-0.25, -0.2) is 8.42 Å². The van der Waals surface area contributed by atoms with Crippen molar-refractivity contribution in [3.63, 3.8) is 0 Å². The summed E-state index contributed by atoms with van der Waals surface area (Å²) in [6.45, 7) is 5.98. The van der Waals surface area contributed by atoms with Gasteiger partial charge >= 0.3 is 5.97 Å². The molecule has 3 rings (SSSR count). The third-order valence-electron chi connectivity index (χ3n) is 8.42. The van der Waals surface area contributed by atoms with Crippen molar-refractivity contribution < 1.29 is 36.5 Å². The fourth-order valence-corrected chi connectivity index (χ4v) is 6.62. The van der Waals surface area contributed by atoms with Crippen LogP contribution in [0, 0.1) is 6.92 Å². The van der Waals surface area contributed by atoms with E-state index in [-0.39, 0.29) is 23.3 Å². The highest BCUT2D eigenvalue weighted by atomic mass is 32.2. The van der Waals surface area contributed by atoms with E-state index in [4.69, 9.17) is 14.2 Å². The number of esters is 1. The van der Waals surface area contributed by atoms with Gasteiger partial charge in [0.25, 0.3) is 0 Å². The van der Waals surface area contributed by atoms with Gasteiger partial charge in [-0.2, -0.15) is 4.57 Å². The van der Waals surface area contributed by atoms with Crippen molar-refractivity contribution in [3.05, 3.63) is 46.9 Å². The van der Waals surface area contributed by atoms with Crippen molar-refractivity contribution in [2.45, 2.75) is 166 Å². The number of nitrogens with zero attached hydrogens (tertiary/aromatic N) is 1. The highest BCUT2D eigenvalue weighted by Crippen LogP contribution is 2.19. The number of aryl methyl sites for hydroxylation is 2. The Bertz CT molecular complexity index is 1140. The van der Waals surface area contributed by atoms with Crippen molar-refractivity contribution in [2.24, 2.45) is 0 Å². The van der Waals surface area contributed by atoms with Gasteiger partial charge in [0.05, 0.1) is 16.9 Å². The average molecular weight is 696 g/mol. The van der Waals surface area contributed by atoms with Crippen LogP contribution in [0.4, 0.5) is 0 Å². The van der Waals surface area contributed by atoms with E-state index in [1.54, 1.807) is 23.5 Å². The van der Waals surface area contributed by atoms with Crippen LogP contribution in [0.5, 0.6) is 0 Å². The number of unbranched alkanes of at least 4 members (excludes halogenated alkanes) is 16. The minimum atomic E-state index is -4.27. The van der Waals surface area contributed by atoms with Gasteiger partial charge in [0, 0.05) is 12.8 Å². The summed E-state index contributed by atoms with van der Waals surface area (Å²) in [4.78, 5) is 11.8. The maximum absolute atomic E-state index is 12.0. The maximum Gasteiger partial charge on any atom is 0.305 e. The topological polar surface area (TPSA) is 106 Å². The molecule has 0 radical (unpaired) electrons. The number of hydrogen-bond donors (Lipinski definition) is 0. The Kier molecular flexibility index (Phi) is 22.9. The van der Waals surface area contributed by atoms with Gasteiger partial charge in [0.2, 0.25) is 5.51 Å². The molecule has 268 valence electrons. The van der Waals surface area contributed by atoms with Crippen LogP contribution in [-0.4, -0.2) is 44.5 Å². The summed E-state index contributed by atoms with van der Waals surface area (Å²) >= 11 is 1.71. The van der Waals surface area contributed by atoms with Gasteiger partial charge in [-0.15, -0.1) is 0 Å². The summed E-state index contributed by atoms with van der Waals surface area (Å²) in [7, 11) is -4.27. The molecule has 0 bridgehead atoms. The van der Waals surface area contributed by atoms with E-state index in [2.05, 4.69) is 28.6 Å². The van der Waals surface area contributed by atoms with Crippen LogP contribution in [-0.2, 0) is 35.7 Å². The number of hydrogen-bond acceptors (Lipinski definition) is 8. The smallest absolute Gasteiger partial charge is 0.305 e. The summed E-state index contributed by atoms with van der Waals surface area (Å²) in [6.07, 6.45) is 27.0. The standard InChI is InChI=1S/C30H54NO4S.C7H8O3S/c1-2-3-4-5-6-7-8-9-10-11-12-13-14-15-18-21-30-34-26-28(35-30)25-33-29(32)20-17-16-19-22-31-23-24-36-27-31;1-6-2-4-7(5-3-6)11(8,9)10/h23-24,27-28,30H,2-22,25-26H2,1H3;2-5H,1H3,(H,8,9,10)/q+1;/p-1. The van der Waals surface area contributed by atoms with Crippen LogP contribution in [0.25, 0.3) is 0 Å². The summed E-state index contributed by atoms with van der Waals surface area (Å²) in [5.74, 6) is -0.118. The SMILES string of the molecule is CCCCCCCCCCCCCCCCCC1OCC(COC(=O)CCCCC[n+]2ccsc2)O1.Cc1ccc(S(=O)(=O)[O-])cc1. The number of aromatic nitrogens is 1. The van der Waals surface area contributed by atoms with Gasteiger partial charge in [0.1, 0.15) is 29.4 Å². The van der Waals surface area contributed by atoms with Gasteiger partial charge in [-0.3, -0.25) is 4.79 Å². The monoisotopic (exact) mass is 695 g/mol. The highest BCUT2D eigenvalue weighted by molar-refractivity contribution is 7.85. The Labute approximate surface area is 289 Å². The molecule has 10 heteroatoms. The number of thiazole rings is 1. The Hall–Kier alpha value is -1.85. The van der Waals surface area contributed by atoms with E-state index < -0.39 is 10.1 Å². The van der Waals surface area contributed by atoms with Crippen LogP contribution < -0.4 is 4.57 Å². The van der Waals surface area contributed by atoms with Crippen molar-refractivity contribution in [1.82, 2.24) is 0 Å². The predicted molar refractivity (Wildman–Crippen MR) is 187 cm³/mol. The molecule has 0 saturated carbocycles. The van der Waals surface area contributed by atoms with Crippen molar-refractivity contribution in [2.75, 3.05) is 13.2 Å². The first kappa shape index (κ1) is 41.3. The zero-order valence-electron chi connectivity index (χ0n) is 29.1. The Morgan fingerprint density at radius 1 is 0.872 bits per heavy atom. The second kappa shape index (κ2) is 26.1. The lowest BCUT2D eigenvalue weighted by Gasteiger charge is -2.12. The van der Waals surface area contributed by atoms with E-state index in [0.29, 0.717) is 19.6 Å². The molecule has 0 amide bonds. The summed E-state index contributed by atoms with van der Waals surface area (Å²) in [5, 5.41) is 2.08. The lowest BCUT2D eigenvalue weighted by atomic mass is 10.0. The quantitative estimate of drug-likeness (QED) is 0.0442. The van der Waals surface area contributed by atoms with Gasteiger partial charge in [-0.1, -0.05) is 126 Å². The molecule has 8 nitrogen and oxygen atoms in total. The fourth-order valence-electron chi connectivity index (χ4n) is 5.52. The van der Waals surface area contributed by atoms with Crippen molar-refractivity contribution in [1.29, 1.82) is 0 Å². The number of carbonyl (C=O) groups excluding carboxylic acids is 1. The second-order valence-electron chi connectivity index (χ2n) is 12.8. The van der Waals surface area contributed by atoms with E-state index in [1.165, 1.54) is 102 Å². The molecule has 2 atom stereocenters. The van der Waals surface area contributed by atoms with E-state index in [9.17, 15) is 17.8 Å². The second-order valence-corrected chi connectivity index (χ2v) is 14.9. The molecule has 0 aliphatic carbocycles. The molecule has 0 spiro atoms. The Morgan fingerprint density at radius 2 is 1.45 bits per heavy atom. The molecule has 2 aromatic rings. The zero-order valence-corrected chi connectivity index (χ0v) is 30.7. The molecule has 47 heavy (non-hydrogen) atoms. The third-order valence-corrected chi connectivity index (χ3v) is 9.94. The van der Waals surface area contributed by atoms with Gasteiger partial charge in [0.15, 0.2) is 12.5 Å². The number of benzene rings is 1. The van der Waals surface area contributed by atoms with Crippen LogP contribution in [0.2, 0.25) is 0 Å².